The molecule has 1 aromatic rings. The Labute approximate surface area is 96.9 Å². The first-order chi connectivity index (χ1) is 7.76. The van der Waals surface area contributed by atoms with Crippen molar-refractivity contribution in [1.82, 2.24) is 20.3 Å². The highest BCUT2D eigenvalue weighted by atomic mass is 16.3. The molecule has 1 unspecified atom stereocenters. The van der Waals surface area contributed by atoms with Crippen molar-refractivity contribution in [2.75, 3.05) is 13.2 Å². The number of aliphatic hydroxyl groups excluding tert-OH is 1. The van der Waals surface area contributed by atoms with Crippen LogP contribution in [0.3, 0.4) is 0 Å². The molecule has 0 saturated heterocycles. The Hall–Kier alpha value is -0.940. The van der Waals surface area contributed by atoms with Crippen LogP contribution < -0.4 is 5.32 Å². The van der Waals surface area contributed by atoms with Crippen molar-refractivity contribution in [2.45, 2.75) is 39.8 Å². The molecule has 0 spiro atoms. The molecule has 0 saturated carbocycles. The number of rotatable bonds is 8. The molecule has 1 rings (SSSR count). The van der Waals surface area contributed by atoms with Gasteiger partial charge in [-0.25, -0.2) is 0 Å². The summed E-state index contributed by atoms with van der Waals surface area (Å²) in [5.74, 6) is 0.699. The van der Waals surface area contributed by atoms with Crippen LogP contribution in [0.4, 0.5) is 0 Å². The van der Waals surface area contributed by atoms with E-state index in [4.69, 9.17) is 5.11 Å². The third-order valence-corrected chi connectivity index (χ3v) is 2.63. The average Bonchev–Trinajstić information content (AvgIpc) is 2.74. The topological polar surface area (TPSA) is 63.0 Å². The van der Waals surface area contributed by atoms with E-state index in [1.807, 2.05) is 6.20 Å². The van der Waals surface area contributed by atoms with E-state index in [2.05, 4.69) is 29.5 Å². The quantitative estimate of drug-likeness (QED) is 0.688. The van der Waals surface area contributed by atoms with Crippen LogP contribution in [-0.4, -0.2) is 33.3 Å². The van der Waals surface area contributed by atoms with E-state index in [0.29, 0.717) is 5.92 Å². The van der Waals surface area contributed by atoms with Gasteiger partial charge in [-0.05, 0) is 18.9 Å². The minimum atomic E-state index is 0.196. The van der Waals surface area contributed by atoms with Crippen molar-refractivity contribution in [3.8, 4) is 0 Å². The smallest absolute Gasteiger partial charge is 0.0964 e. The van der Waals surface area contributed by atoms with Crippen LogP contribution in [0.15, 0.2) is 6.20 Å². The van der Waals surface area contributed by atoms with Crippen LogP contribution in [0.1, 0.15) is 32.4 Å². The Morgan fingerprint density at radius 1 is 1.56 bits per heavy atom. The maximum atomic E-state index is 8.69. The van der Waals surface area contributed by atoms with E-state index < -0.39 is 0 Å². The van der Waals surface area contributed by atoms with E-state index in [9.17, 15) is 0 Å². The zero-order valence-corrected chi connectivity index (χ0v) is 10.2. The number of aryl methyl sites for hydroxylation is 1. The Kier molecular flexibility index (Phi) is 6.03. The van der Waals surface area contributed by atoms with Gasteiger partial charge in [0.15, 0.2) is 0 Å². The maximum Gasteiger partial charge on any atom is 0.0964 e. The summed E-state index contributed by atoms with van der Waals surface area (Å²) in [5, 5.41) is 20.1. The van der Waals surface area contributed by atoms with Crippen LogP contribution in [0.5, 0.6) is 0 Å². The Bertz CT molecular complexity index is 287. The van der Waals surface area contributed by atoms with E-state index in [1.54, 1.807) is 4.68 Å². The standard InChI is InChI=1S/C11H22N4O/c1-3-10(2)7-12-8-11-9-15(14-13-11)5-4-6-16/h9-10,12,16H,3-8H2,1-2H3. The van der Waals surface area contributed by atoms with Crippen LogP contribution in [0.25, 0.3) is 0 Å². The molecule has 92 valence electrons. The second-order valence-electron chi connectivity index (χ2n) is 4.19. The van der Waals surface area contributed by atoms with E-state index in [1.165, 1.54) is 6.42 Å². The van der Waals surface area contributed by atoms with Gasteiger partial charge < -0.3 is 10.4 Å². The zero-order chi connectivity index (χ0) is 11.8. The van der Waals surface area contributed by atoms with Crippen LogP contribution in [0, 0.1) is 5.92 Å². The van der Waals surface area contributed by atoms with Gasteiger partial charge in [0.05, 0.1) is 5.69 Å². The molecule has 0 aromatic carbocycles. The molecule has 16 heavy (non-hydrogen) atoms. The van der Waals surface area contributed by atoms with Crippen LogP contribution >= 0.6 is 0 Å². The highest BCUT2D eigenvalue weighted by Gasteiger charge is 2.01. The minimum Gasteiger partial charge on any atom is -0.396 e. The van der Waals surface area contributed by atoms with Gasteiger partial charge in [0, 0.05) is 25.9 Å². The van der Waals surface area contributed by atoms with Crippen molar-refractivity contribution in [2.24, 2.45) is 5.92 Å². The second kappa shape index (κ2) is 7.35. The molecule has 0 fully saturated rings. The average molecular weight is 226 g/mol. The molecule has 0 radical (unpaired) electrons. The summed E-state index contributed by atoms with van der Waals surface area (Å²) in [6.45, 7) is 7.13. The summed E-state index contributed by atoms with van der Waals surface area (Å²) in [5.41, 5.74) is 0.959. The first kappa shape index (κ1) is 13.1. The summed E-state index contributed by atoms with van der Waals surface area (Å²) >= 11 is 0. The minimum absolute atomic E-state index is 0.196. The van der Waals surface area contributed by atoms with Crippen molar-refractivity contribution < 1.29 is 5.11 Å². The molecule has 5 nitrogen and oxygen atoms in total. The molecule has 1 atom stereocenters. The molecule has 0 bridgehead atoms. The highest BCUT2D eigenvalue weighted by Crippen LogP contribution is 1.99. The van der Waals surface area contributed by atoms with Crippen molar-refractivity contribution in [1.29, 1.82) is 0 Å². The SMILES string of the molecule is CCC(C)CNCc1cn(CCCO)nn1. The molecule has 0 amide bonds. The van der Waals surface area contributed by atoms with E-state index >= 15 is 0 Å². The summed E-state index contributed by atoms with van der Waals surface area (Å²) in [7, 11) is 0. The number of aromatic nitrogens is 3. The van der Waals surface area contributed by atoms with Gasteiger partial charge in [0.1, 0.15) is 0 Å². The van der Waals surface area contributed by atoms with Gasteiger partial charge in [0.2, 0.25) is 0 Å². The molecule has 0 aliphatic heterocycles. The number of hydrogen-bond acceptors (Lipinski definition) is 4. The largest absolute Gasteiger partial charge is 0.396 e. The second-order valence-corrected chi connectivity index (χ2v) is 4.19. The first-order valence-corrected chi connectivity index (χ1v) is 5.96. The van der Waals surface area contributed by atoms with E-state index in [0.717, 1.165) is 31.7 Å². The third kappa shape index (κ3) is 4.72. The third-order valence-electron chi connectivity index (χ3n) is 2.63. The van der Waals surface area contributed by atoms with Crippen molar-refractivity contribution in [3.05, 3.63) is 11.9 Å². The monoisotopic (exact) mass is 226 g/mol. The normalized spacial score (nSPS) is 12.9. The molecule has 1 heterocycles. The number of hydrogen-bond donors (Lipinski definition) is 2. The number of aliphatic hydroxyl groups is 1. The highest BCUT2D eigenvalue weighted by molar-refractivity contribution is 4.91. The molecule has 1 aromatic heterocycles. The summed E-state index contributed by atoms with van der Waals surface area (Å²) in [6, 6.07) is 0. The summed E-state index contributed by atoms with van der Waals surface area (Å²) in [6.07, 6.45) is 3.85. The Morgan fingerprint density at radius 3 is 3.06 bits per heavy atom. The number of nitrogens with zero attached hydrogens (tertiary/aromatic N) is 3. The Morgan fingerprint density at radius 2 is 2.38 bits per heavy atom. The van der Waals surface area contributed by atoms with Gasteiger partial charge in [0.25, 0.3) is 0 Å². The van der Waals surface area contributed by atoms with Gasteiger partial charge in [-0.3, -0.25) is 4.68 Å². The van der Waals surface area contributed by atoms with Crippen molar-refractivity contribution >= 4 is 0 Å². The molecule has 0 aliphatic carbocycles. The van der Waals surface area contributed by atoms with Crippen LogP contribution in [0.2, 0.25) is 0 Å². The van der Waals surface area contributed by atoms with Crippen molar-refractivity contribution in [3.63, 3.8) is 0 Å². The summed E-state index contributed by atoms with van der Waals surface area (Å²) < 4.78 is 1.77. The van der Waals surface area contributed by atoms with Gasteiger partial charge in [-0.1, -0.05) is 25.5 Å². The summed E-state index contributed by atoms with van der Waals surface area (Å²) in [4.78, 5) is 0. The molecule has 0 aliphatic rings. The van der Waals surface area contributed by atoms with Gasteiger partial charge in [-0.2, -0.15) is 0 Å². The van der Waals surface area contributed by atoms with Crippen LogP contribution in [-0.2, 0) is 13.1 Å². The Balaban J connectivity index is 2.23. The lowest BCUT2D eigenvalue weighted by atomic mass is 10.1. The fourth-order valence-electron chi connectivity index (χ4n) is 1.35. The fourth-order valence-corrected chi connectivity index (χ4v) is 1.35. The predicted molar refractivity (Wildman–Crippen MR) is 62.9 cm³/mol. The first-order valence-electron chi connectivity index (χ1n) is 5.96. The molecule has 5 heteroatoms. The van der Waals surface area contributed by atoms with Gasteiger partial charge >= 0.3 is 0 Å². The molecular formula is C11H22N4O. The lowest BCUT2D eigenvalue weighted by Crippen LogP contribution is -2.20. The lowest BCUT2D eigenvalue weighted by Gasteiger charge is -2.07. The van der Waals surface area contributed by atoms with E-state index in [-0.39, 0.29) is 6.61 Å². The van der Waals surface area contributed by atoms with Gasteiger partial charge in [-0.15, -0.1) is 5.10 Å². The number of nitrogens with one attached hydrogen (secondary N) is 1. The predicted octanol–water partition coefficient (Wildman–Crippen LogP) is 0.796. The zero-order valence-electron chi connectivity index (χ0n) is 10.2. The fraction of sp³-hybridized carbons (Fsp3) is 0.818. The molecular weight excluding hydrogens is 204 g/mol. The maximum absolute atomic E-state index is 8.69. The lowest BCUT2D eigenvalue weighted by molar-refractivity contribution is 0.276. The molecule has 2 N–H and O–H groups in total.